The van der Waals surface area contributed by atoms with Gasteiger partial charge in [-0.25, -0.2) is 0 Å². The average molecular weight is 491 g/mol. The Balaban J connectivity index is 2.34. The molecule has 4 aromatic rings. The van der Waals surface area contributed by atoms with E-state index in [1.165, 1.54) is 4.88 Å². The summed E-state index contributed by atoms with van der Waals surface area (Å²) in [6.07, 6.45) is 0. The Bertz CT molecular complexity index is 1210. The largest absolute Gasteiger partial charge is 0.278 e. The van der Waals surface area contributed by atoms with Crippen molar-refractivity contribution < 1.29 is 4.92 Å². The molecule has 26 heavy (non-hydrogen) atoms. The average Bonchev–Trinajstić information content (AvgIpc) is 2.92. The number of hydrogen-bond donors (Lipinski definition) is 0. The van der Waals surface area contributed by atoms with Gasteiger partial charge in [0.1, 0.15) is 0 Å². The van der Waals surface area contributed by atoms with Crippen molar-refractivity contribution in [3.63, 3.8) is 0 Å². The Morgan fingerprint density at radius 3 is 2.35 bits per heavy atom. The molecule has 0 aliphatic carbocycles. The zero-order valence-electron chi connectivity index (χ0n) is 14.0. The maximum atomic E-state index is 11.8. The maximum absolute atomic E-state index is 11.8. The molecule has 1 aromatic heterocycles. The number of nitro groups is 1. The normalized spacial score (nSPS) is 11.4. The van der Waals surface area contributed by atoms with E-state index in [-0.39, 0.29) is 10.6 Å². The van der Waals surface area contributed by atoms with E-state index < -0.39 is 0 Å². The third-order valence-corrected chi connectivity index (χ3v) is 7.68. The fraction of sp³-hybridized carbons (Fsp3) is 0.100. The van der Waals surface area contributed by atoms with E-state index in [9.17, 15) is 10.1 Å². The van der Waals surface area contributed by atoms with Crippen LogP contribution in [0.15, 0.2) is 51.4 Å². The third-order valence-electron chi connectivity index (χ3n) is 4.71. The molecule has 3 nitrogen and oxygen atoms in total. The van der Waals surface area contributed by atoms with Crippen molar-refractivity contribution in [2.45, 2.75) is 13.8 Å². The summed E-state index contributed by atoms with van der Waals surface area (Å²) < 4.78 is 2.89. The van der Waals surface area contributed by atoms with Gasteiger partial charge < -0.3 is 0 Å². The fourth-order valence-corrected chi connectivity index (χ4v) is 5.86. The van der Waals surface area contributed by atoms with Crippen molar-refractivity contribution in [1.29, 1.82) is 0 Å². The second-order valence-electron chi connectivity index (χ2n) is 6.11. The molecule has 0 saturated carbocycles. The highest BCUT2D eigenvalue weighted by Crippen LogP contribution is 2.50. The molecule has 0 bridgehead atoms. The van der Waals surface area contributed by atoms with Gasteiger partial charge in [-0.2, -0.15) is 0 Å². The lowest BCUT2D eigenvalue weighted by Crippen LogP contribution is -1.95. The number of nitro benzene ring substituents is 1. The molecule has 0 amide bonds. The summed E-state index contributed by atoms with van der Waals surface area (Å²) in [6, 6.07) is 13.2. The summed E-state index contributed by atoms with van der Waals surface area (Å²) in [5.74, 6) is 0. The Labute approximate surface area is 171 Å². The van der Waals surface area contributed by atoms with Gasteiger partial charge in [-0.3, -0.25) is 10.1 Å². The molecule has 6 heteroatoms. The first-order valence-electron chi connectivity index (χ1n) is 7.95. The van der Waals surface area contributed by atoms with Crippen molar-refractivity contribution in [3.05, 3.63) is 72.0 Å². The highest BCUT2D eigenvalue weighted by molar-refractivity contribution is 9.11. The number of aryl methyl sites for hydroxylation is 2. The minimum Gasteiger partial charge on any atom is -0.258 e. The van der Waals surface area contributed by atoms with Crippen molar-refractivity contribution in [1.82, 2.24) is 0 Å². The van der Waals surface area contributed by atoms with Gasteiger partial charge in [-0.15, -0.1) is 11.3 Å². The van der Waals surface area contributed by atoms with E-state index >= 15 is 0 Å². The van der Waals surface area contributed by atoms with Gasteiger partial charge in [0.2, 0.25) is 0 Å². The van der Waals surface area contributed by atoms with Crippen LogP contribution in [0.3, 0.4) is 0 Å². The summed E-state index contributed by atoms with van der Waals surface area (Å²) in [7, 11) is 0. The highest BCUT2D eigenvalue weighted by Gasteiger charge is 2.25. The van der Waals surface area contributed by atoms with E-state index in [1.807, 2.05) is 24.3 Å². The van der Waals surface area contributed by atoms with Crippen LogP contribution in [0.25, 0.3) is 32.0 Å². The van der Waals surface area contributed by atoms with E-state index in [0.717, 1.165) is 40.9 Å². The summed E-state index contributed by atoms with van der Waals surface area (Å²) in [5.41, 5.74) is 2.82. The molecule has 0 N–H and O–H groups in total. The molecule has 1 heterocycles. The number of fused-ring (bicyclic) bond motifs is 2. The molecule has 130 valence electrons. The second kappa shape index (κ2) is 6.44. The summed E-state index contributed by atoms with van der Waals surface area (Å²) in [6.45, 7) is 4.18. The molecule has 0 unspecified atom stereocenters. The predicted octanol–water partition coefficient (Wildman–Crippen LogP) is 7.77. The minimum absolute atomic E-state index is 0.108. The van der Waals surface area contributed by atoms with Gasteiger partial charge in [0.25, 0.3) is 5.69 Å². The standard InChI is InChI=1S/C20H13Br2NO2S/c1-10-11(2)26-20-16(10)17(12-6-3-4-7-13(12)19(20)22)18-14(21)8-5-9-15(18)23(24)25/h3-9H,1-2H3. The van der Waals surface area contributed by atoms with Gasteiger partial charge in [-0.05, 0) is 68.1 Å². The number of halogens is 2. The van der Waals surface area contributed by atoms with Crippen LogP contribution in [0.5, 0.6) is 0 Å². The van der Waals surface area contributed by atoms with Crippen LogP contribution in [0.2, 0.25) is 0 Å². The Hall–Kier alpha value is -1.76. The molecule has 4 rings (SSSR count). The number of nitrogens with zero attached hydrogens (tertiary/aromatic N) is 1. The minimum atomic E-state index is -0.308. The molecule has 3 aromatic carbocycles. The molecule has 0 atom stereocenters. The smallest absolute Gasteiger partial charge is 0.258 e. The van der Waals surface area contributed by atoms with Crippen LogP contribution in [-0.4, -0.2) is 4.92 Å². The lowest BCUT2D eigenvalue weighted by atomic mass is 9.92. The molecular formula is C20H13Br2NO2S. The fourth-order valence-electron chi connectivity index (χ4n) is 3.40. The first-order valence-corrected chi connectivity index (χ1v) is 10.3. The maximum Gasteiger partial charge on any atom is 0.278 e. The van der Waals surface area contributed by atoms with Crippen molar-refractivity contribution in [3.8, 4) is 11.1 Å². The van der Waals surface area contributed by atoms with Crippen LogP contribution in [0, 0.1) is 24.0 Å². The van der Waals surface area contributed by atoms with E-state index in [0.29, 0.717) is 5.56 Å². The molecule has 0 spiro atoms. The number of benzene rings is 3. The first kappa shape index (κ1) is 17.6. The zero-order chi connectivity index (χ0) is 18.6. The monoisotopic (exact) mass is 489 g/mol. The summed E-state index contributed by atoms with van der Waals surface area (Å²) >= 11 is 9.05. The van der Waals surface area contributed by atoms with Gasteiger partial charge in [0.05, 0.1) is 15.2 Å². The molecule has 0 aliphatic heterocycles. The molecular weight excluding hydrogens is 478 g/mol. The SMILES string of the molecule is Cc1sc2c(Br)c3ccccc3c(-c3c(Br)cccc3[N+](=O)[O-])c2c1C. The van der Waals surface area contributed by atoms with Gasteiger partial charge in [0.15, 0.2) is 0 Å². The van der Waals surface area contributed by atoms with Crippen molar-refractivity contribution >= 4 is 69.7 Å². The Morgan fingerprint density at radius 1 is 0.962 bits per heavy atom. The van der Waals surface area contributed by atoms with Crippen LogP contribution in [0.1, 0.15) is 10.4 Å². The molecule has 0 aliphatic rings. The highest BCUT2D eigenvalue weighted by atomic mass is 79.9. The Morgan fingerprint density at radius 2 is 1.65 bits per heavy atom. The zero-order valence-corrected chi connectivity index (χ0v) is 18.0. The van der Waals surface area contributed by atoms with E-state index in [1.54, 1.807) is 23.5 Å². The molecule has 0 saturated heterocycles. The quantitative estimate of drug-likeness (QED) is 0.212. The molecule has 0 fully saturated rings. The van der Waals surface area contributed by atoms with Crippen LogP contribution >= 0.6 is 43.2 Å². The van der Waals surface area contributed by atoms with Crippen LogP contribution in [0.4, 0.5) is 5.69 Å². The third kappa shape index (κ3) is 2.51. The van der Waals surface area contributed by atoms with Crippen molar-refractivity contribution in [2.75, 3.05) is 0 Å². The van der Waals surface area contributed by atoms with Crippen molar-refractivity contribution in [2.24, 2.45) is 0 Å². The number of thiophene rings is 1. The Kier molecular flexibility index (Phi) is 4.37. The topological polar surface area (TPSA) is 43.1 Å². The lowest BCUT2D eigenvalue weighted by Gasteiger charge is -2.14. The van der Waals surface area contributed by atoms with Crippen LogP contribution < -0.4 is 0 Å². The number of hydrogen-bond acceptors (Lipinski definition) is 3. The lowest BCUT2D eigenvalue weighted by molar-refractivity contribution is -0.384. The predicted molar refractivity (Wildman–Crippen MR) is 116 cm³/mol. The van der Waals surface area contributed by atoms with E-state index in [4.69, 9.17) is 0 Å². The van der Waals surface area contributed by atoms with Crippen LogP contribution in [-0.2, 0) is 0 Å². The first-order chi connectivity index (χ1) is 12.4. The van der Waals surface area contributed by atoms with Gasteiger partial charge >= 0.3 is 0 Å². The summed E-state index contributed by atoms with van der Waals surface area (Å²) in [4.78, 5) is 12.7. The van der Waals surface area contributed by atoms with Gasteiger partial charge in [0, 0.05) is 30.8 Å². The second-order valence-corrected chi connectivity index (χ2v) is 8.99. The molecule has 0 radical (unpaired) electrons. The number of rotatable bonds is 2. The van der Waals surface area contributed by atoms with Gasteiger partial charge in [-0.1, -0.05) is 30.3 Å². The summed E-state index contributed by atoms with van der Waals surface area (Å²) in [5, 5.41) is 14.9. The van der Waals surface area contributed by atoms with E-state index in [2.05, 4.69) is 51.8 Å².